The van der Waals surface area contributed by atoms with Crippen LogP contribution in [-0.4, -0.2) is 48.7 Å². The van der Waals surface area contributed by atoms with Gasteiger partial charge in [-0.15, -0.1) is 0 Å². The lowest BCUT2D eigenvalue weighted by Gasteiger charge is -2.23. The zero-order valence-electron chi connectivity index (χ0n) is 14.0. The van der Waals surface area contributed by atoms with Crippen LogP contribution in [0.25, 0.3) is 0 Å². The van der Waals surface area contributed by atoms with Gasteiger partial charge in [0, 0.05) is 32.6 Å². The van der Waals surface area contributed by atoms with Gasteiger partial charge in [-0.3, -0.25) is 4.79 Å². The zero-order valence-corrected chi connectivity index (χ0v) is 14.0. The summed E-state index contributed by atoms with van der Waals surface area (Å²) in [5.41, 5.74) is 9.03. The molecule has 0 heterocycles. The van der Waals surface area contributed by atoms with Crippen molar-refractivity contribution in [1.82, 2.24) is 4.90 Å². The zero-order chi connectivity index (χ0) is 16.5. The van der Waals surface area contributed by atoms with Gasteiger partial charge in [0.1, 0.15) is 0 Å². The predicted molar refractivity (Wildman–Crippen MR) is 92.1 cm³/mol. The van der Waals surface area contributed by atoms with E-state index in [0.717, 1.165) is 30.0 Å². The molecule has 124 valence electrons. The highest BCUT2D eigenvalue weighted by Crippen LogP contribution is 2.24. The van der Waals surface area contributed by atoms with Gasteiger partial charge in [-0.25, -0.2) is 0 Å². The molecule has 0 spiro atoms. The van der Waals surface area contributed by atoms with Crippen LogP contribution in [0.15, 0.2) is 18.2 Å². The summed E-state index contributed by atoms with van der Waals surface area (Å²) in [5.74, 6) is 0.0722. The van der Waals surface area contributed by atoms with Gasteiger partial charge in [-0.05, 0) is 44.9 Å². The Morgan fingerprint density at radius 1 is 1.18 bits per heavy atom. The maximum Gasteiger partial charge on any atom is 0.222 e. The summed E-state index contributed by atoms with van der Waals surface area (Å²) >= 11 is 0. The Bertz CT molecular complexity index is 473. The first kappa shape index (κ1) is 18.3. The Balaban J connectivity index is 2.68. The number of likely N-dealkylation sites (N-methyl/N-ethyl adjacent to an activating group) is 1. The number of rotatable bonds is 9. The van der Waals surface area contributed by atoms with Crippen molar-refractivity contribution in [2.45, 2.75) is 33.6 Å². The summed E-state index contributed by atoms with van der Waals surface area (Å²) in [7, 11) is 0. The van der Waals surface area contributed by atoms with Crippen molar-refractivity contribution in [3.05, 3.63) is 23.8 Å². The van der Waals surface area contributed by atoms with Gasteiger partial charge < -0.3 is 20.6 Å². The van der Waals surface area contributed by atoms with Crippen LogP contribution in [0.4, 0.5) is 11.4 Å². The van der Waals surface area contributed by atoms with Crippen LogP contribution >= 0.6 is 0 Å². The highest BCUT2D eigenvalue weighted by molar-refractivity contribution is 5.76. The van der Waals surface area contributed by atoms with Gasteiger partial charge in [0.05, 0.1) is 18.0 Å². The van der Waals surface area contributed by atoms with Crippen molar-refractivity contribution in [3.63, 3.8) is 0 Å². The van der Waals surface area contributed by atoms with Crippen LogP contribution in [0.5, 0.6) is 0 Å². The number of aliphatic hydroxyl groups is 1. The van der Waals surface area contributed by atoms with E-state index in [9.17, 15) is 4.79 Å². The van der Waals surface area contributed by atoms with Crippen LogP contribution < -0.4 is 10.6 Å². The fourth-order valence-electron chi connectivity index (χ4n) is 2.60. The molecule has 0 unspecified atom stereocenters. The molecular formula is C17H29N3O2. The van der Waals surface area contributed by atoms with E-state index >= 15 is 0 Å². The summed E-state index contributed by atoms with van der Waals surface area (Å²) in [4.78, 5) is 16.0. The van der Waals surface area contributed by atoms with Crippen LogP contribution in [0, 0.1) is 0 Å². The number of amides is 1. The minimum Gasteiger partial charge on any atom is -0.397 e. The van der Waals surface area contributed by atoms with Crippen LogP contribution in [0.1, 0.15) is 32.8 Å². The highest BCUT2D eigenvalue weighted by atomic mass is 16.3. The van der Waals surface area contributed by atoms with E-state index in [-0.39, 0.29) is 12.5 Å². The molecule has 0 aromatic heterocycles. The minimum atomic E-state index is 0.00505. The van der Waals surface area contributed by atoms with E-state index in [2.05, 4.69) is 18.7 Å². The molecule has 0 atom stereocenters. The van der Waals surface area contributed by atoms with Crippen LogP contribution in [-0.2, 0) is 11.2 Å². The molecule has 1 rings (SSSR count). The quantitative estimate of drug-likeness (QED) is 0.684. The Morgan fingerprint density at radius 3 is 2.36 bits per heavy atom. The third kappa shape index (κ3) is 4.91. The standard InChI is InChI=1S/C17H29N3O2/c1-4-19(5-2)16-9-7-14(13-15(16)18)8-10-17(22)20(6-3)11-12-21/h7,9,13,21H,4-6,8,10-12,18H2,1-3H3. The first-order valence-corrected chi connectivity index (χ1v) is 8.09. The molecule has 0 saturated heterocycles. The average molecular weight is 307 g/mol. The fraction of sp³-hybridized carbons (Fsp3) is 0.588. The Hall–Kier alpha value is -1.75. The predicted octanol–water partition coefficient (Wildman–Crippen LogP) is 1.89. The van der Waals surface area contributed by atoms with Crippen molar-refractivity contribution >= 4 is 17.3 Å². The number of nitrogens with two attached hydrogens (primary N) is 1. The number of benzene rings is 1. The molecule has 0 saturated carbocycles. The van der Waals surface area contributed by atoms with Crippen molar-refractivity contribution in [3.8, 4) is 0 Å². The van der Waals surface area contributed by atoms with E-state index in [1.54, 1.807) is 4.90 Å². The van der Waals surface area contributed by atoms with E-state index in [0.29, 0.717) is 25.9 Å². The number of hydrogen-bond donors (Lipinski definition) is 2. The van der Waals surface area contributed by atoms with Crippen molar-refractivity contribution in [2.75, 3.05) is 43.4 Å². The average Bonchev–Trinajstić information content (AvgIpc) is 2.53. The summed E-state index contributed by atoms with van der Waals surface area (Å²) in [5, 5.41) is 8.95. The van der Waals surface area contributed by atoms with Crippen LogP contribution in [0.2, 0.25) is 0 Å². The third-order valence-corrected chi connectivity index (χ3v) is 3.93. The number of carbonyl (C=O) groups is 1. The molecule has 3 N–H and O–H groups in total. The lowest BCUT2D eigenvalue weighted by Crippen LogP contribution is -2.33. The Morgan fingerprint density at radius 2 is 1.86 bits per heavy atom. The maximum absolute atomic E-state index is 12.1. The largest absolute Gasteiger partial charge is 0.397 e. The van der Waals surface area contributed by atoms with Crippen LogP contribution in [0.3, 0.4) is 0 Å². The first-order valence-electron chi connectivity index (χ1n) is 8.09. The number of nitrogen functional groups attached to an aromatic ring is 1. The van der Waals surface area contributed by atoms with Gasteiger partial charge in [-0.2, -0.15) is 0 Å². The topological polar surface area (TPSA) is 69.8 Å². The number of anilines is 2. The van der Waals surface area contributed by atoms with E-state index in [1.807, 2.05) is 25.1 Å². The second kappa shape index (κ2) is 9.30. The first-order chi connectivity index (χ1) is 10.6. The summed E-state index contributed by atoms with van der Waals surface area (Å²) in [6, 6.07) is 6.04. The van der Waals surface area contributed by atoms with Gasteiger partial charge in [0.25, 0.3) is 0 Å². The molecule has 5 heteroatoms. The third-order valence-electron chi connectivity index (χ3n) is 3.93. The van der Waals surface area contributed by atoms with E-state index in [4.69, 9.17) is 10.8 Å². The second-order valence-corrected chi connectivity index (χ2v) is 5.26. The van der Waals surface area contributed by atoms with Gasteiger partial charge in [0.2, 0.25) is 5.91 Å². The Kier molecular flexibility index (Phi) is 7.74. The maximum atomic E-state index is 12.1. The fourth-order valence-corrected chi connectivity index (χ4v) is 2.60. The van der Waals surface area contributed by atoms with E-state index < -0.39 is 0 Å². The Labute approximate surface area is 133 Å². The smallest absolute Gasteiger partial charge is 0.222 e. The lowest BCUT2D eigenvalue weighted by atomic mass is 10.1. The SMILES string of the molecule is CCN(CCO)C(=O)CCc1ccc(N(CC)CC)c(N)c1. The second-order valence-electron chi connectivity index (χ2n) is 5.26. The molecule has 0 aliphatic carbocycles. The lowest BCUT2D eigenvalue weighted by molar-refractivity contribution is -0.131. The summed E-state index contributed by atoms with van der Waals surface area (Å²) in [6.07, 6.45) is 1.11. The molecule has 1 aromatic carbocycles. The van der Waals surface area contributed by atoms with Crippen molar-refractivity contribution < 1.29 is 9.90 Å². The molecule has 0 bridgehead atoms. The van der Waals surface area contributed by atoms with Gasteiger partial charge in [0.15, 0.2) is 0 Å². The number of hydrogen-bond acceptors (Lipinski definition) is 4. The van der Waals surface area contributed by atoms with Gasteiger partial charge in [-0.1, -0.05) is 6.07 Å². The minimum absolute atomic E-state index is 0.00505. The number of nitrogens with zero attached hydrogens (tertiary/aromatic N) is 2. The number of carbonyl (C=O) groups excluding carboxylic acids is 1. The number of aliphatic hydroxyl groups excluding tert-OH is 1. The molecule has 5 nitrogen and oxygen atoms in total. The molecule has 0 aliphatic heterocycles. The molecule has 0 radical (unpaired) electrons. The molecule has 0 fully saturated rings. The van der Waals surface area contributed by atoms with Crippen molar-refractivity contribution in [2.24, 2.45) is 0 Å². The summed E-state index contributed by atoms with van der Waals surface area (Å²) in [6.45, 7) is 9.01. The monoisotopic (exact) mass is 307 g/mol. The highest BCUT2D eigenvalue weighted by Gasteiger charge is 2.12. The number of aryl methyl sites for hydroxylation is 1. The van der Waals surface area contributed by atoms with E-state index in [1.165, 1.54) is 0 Å². The molecule has 22 heavy (non-hydrogen) atoms. The molecule has 1 amide bonds. The normalized spacial score (nSPS) is 10.5. The molecule has 1 aromatic rings. The van der Waals surface area contributed by atoms with Gasteiger partial charge >= 0.3 is 0 Å². The molecular weight excluding hydrogens is 278 g/mol. The molecule has 0 aliphatic rings. The van der Waals surface area contributed by atoms with Crippen molar-refractivity contribution in [1.29, 1.82) is 0 Å². The summed E-state index contributed by atoms with van der Waals surface area (Å²) < 4.78 is 0.